The maximum absolute atomic E-state index is 14.8. The summed E-state index contributed by atoms with van der Waals surface area (Å²) in [6, 6.07) is -15.5. The predicted molar refractivity (Wildman–Crippen MR) is 456 cm³/mol. The molecule has 698 valence electrons. The second kappa shape index (κ2) is 56.3. The van der Waals surface area contributed by atoms with Crippen LogP contribution in [-0.4, -0.2) is 307 Å². The second-order valence-corrected chi connectivity index (χ2v) is 34.8. The minimum Gasteiger partial charge on any atom is -0.480 e. The molecule has 124 heavy (non-hydrogen) atoms. The van der Waals surface area contributed by atoms with Crippen LogP contribution in [0.4, 0.5) is 0 Å². The normalized spacial score (nSPS) is 18.1. The van der Waals surface area contributed by atoms with Gasteiger partial charge in [0.05, 0.1) is 50.8 Å². The highest BCUT2D eigenvalue weighted by molar-refractivity contribution is 8.76. The lowest BCUT2D eigenvalue weighted by Gasteiger charge is -2.33. The highest BCUT2D eigenvalue weighted by Gasteiger charge is 2.46. The summed E-state index contributed by atoms with van der Waals surface area (Å²) in [5, 5.41) is 59.6. The number of Topliss-reactive ketones (excluding diaryl/α,β-unsaturated/α-hetero) is 3. The molecule has 11 amide bonds. The molecule has 0 spiro atoms. The first-order valence-corrected chi connectivity index (χ1v) is 45.5. The molecule has 2 unspecified atom stereocenters. The first kappa shape index (κ1) is 107. The first-order chi connectivity index (χ1) is 58.9. The van der Waals surface area contributed by atoms with Gasteiger partial charge in [-0.25, -0.2) is 14.3 Å². The molecule has 0 bridgehead atoms. The van der Waals surface area contributed by atoms with Gasteiger partial charge in [0, 0.05) is 114 Å². The number of H-pyrrole nitrogens is 1. The molecule has 3 aliphatic heterocycles. The molecule has 0 aliphatic carbocycles. The molecule has 46 nitrogen and oxygen atoms in total. The van der Waals surface area contributed by atoms with Crippen LogP contribution in [0.1, 0.15) is 174 Å². The number of nitrogens with one attached hydrogen (secondary N) is 8. The van der Waals surface area contributed by atoms with Crippen molar-refractivity contribution in [1.82, 2.24) is 61.9 Å². The number of phosphoric acid groups is 1. The van der Waals surface area contributed by atoms with Gasteiger partial charge in [-0.1, -0.05) is 61.1 Å². The van der Waals surface area contributed by atoms with E-state index < -0.39 is 214 Å². The topological polar surface area (TPSA) is 761 Å². The van der Waals surface area contributed by atoms with Crippen LogP contribution in [0.3, 0.4) is 0 Å². The van der Waals surface area contributed by atoms with Gasteiger partial charge < -0.3 is 128 Å². The molecule has 3 fully saturated rings. The number of imidazole rings is 1. The quantitative estimate of drug-likeness (QED) is 0.00953. The molecular formula is C75H128N23O23PS2. The SMILES string of the molecule is CC[C@H](C)C(NC(=O)[C@H](CO)NC(=O)[C@H](CCCN=C(N)N)CC(=O)[C@@H]1CCCN1C(=O)[C@@H]1CCCN1C(=O)[C@H](CCC(N)=O)NC(=O)[C@H](CCCN=C(N)N)NC(=O)[C@@H](N)CCCN=C(N)N)C(=O)N[C@@H](CO)C(=O)C[C@@H](CO)C(=O)N[C@@H](Cc1cnc[nH]1)C(=O)N1CCC[C@H]1C(=O)N[C@@H](CSSCCC(=O)CCCCCCCOP(=O)(O)OC)C(=O)O. The number of unbranched alkanes of at least 4 members (excludes halogenated alkanes) is 4. The van der Waals surface area contributed by atoms with Crippen LogP contribution in [-0.2, 0) is 92.0 Å². The minimum absolute atomic E-state index is 0.00623. The van der Waals surface area contributed by atoms with E-state index in [1.165, 1.54) is 38.0 Å². The van der Waals surface area contributed by atoms with Crippen LogP contribution in [0.25, 0.3) is 0 Å². The summed E-state index contributed by atoms with van der Waals surface area (Å²) >= 11 is 0. The number of ketones is 3. The second-order valence-electron chi connectivity index (χ2n) is 30.6. The number of phosphoric ester groups is 1. The molecule has 0 radical (unpaired) electrons. The summed E-state index contributed by atoms with van der Waals surface area (Å²) in [6.07, 6.45) is 6.31. The van der Waals surface area contributed by atoms with Crippen molar-refractivity contribution in [2.75, 3.05) is 84.3 Å². The zero-order valence-corrected chi connectivity index (χ0v) is 73.0. The predicted octanol–water partition coefficient (Wildman–Crippen LogP) is -5.22. The van der Waals surface area contributed by atoms with E-state index in [0.717, 1.165) is 37.2 Å². The molecule has 29 N–H and O–H groups in total. The van der Waals surface area contributed by atoms with E-state index in [4.69, 9.17) is 50.4 Å². The number of primary amides is 1. The van der Waals surface area contributed by atoms with Gasteiger partial charge in [0.25, 0.3) is 0 Å². The van der Waals surface area contributed by atoms with Gasteiger partial charge in [0.15, 0.2) is 29.4 Å². The van der Waals surface area contributed by atoms with Crippen LogP contribution in [0.15, 0.2) is 27.5 Å². The number of hydrogen-bond acceptors (Lipinski definition) is 28. The van der Waals surface area contributed by atoms with Crippen molar-refractivity contribution < 1.29 is 111 Å². The van der Waals surface area contributed by atoms with E-state index in [9.17, 15) is 102 Å². The van der Waals surface area contributed by atoms with E-state index in [-0.39, 0.29) is 152 Å². The van der Waals surface area contributed by atoms with E-state index in [0.29, 0.717) is 56.4 Å². The monoisotopic (exact) mass is 1810 g/mol. The molecule has 4 rings (SSSR count). The average Bonchev–Trinajstić information content (AvgIpc) is 1.58. The largest absolute Gasteiger partial charge is 0.480 e. The standard InChI is InChI=1S/C75H128N23O23PS2/c1-4-43(2)61(68(112)92-52(39-100)58(103)35-45(38-99)63(107)91-51(36-46-37-84-42-88-46)70(114)97-30-14-21-56(97)67(111)94-54(72(116)117)41-124-123-33-25-47(102)17-8-6-5-7-9-32-121-122(118,119)120-3)95-66(110)53(40-101)93-62(106)44(16-10-26-85-73(78)79)34-59(104)55-20-13-29-96(55)71(115)57-22-15-31-98(57)69(113)50(23-24-60(77)105)90-65(109)49(19-12-28-87-75(82)83)89-64(108)48(76)18-11-27-86-74(80)81/h37,42-45,48-57,61,99-101H,4-36,38-41,76H2,1-3H3,(H2,77,105)(H,84,88)(H,89,108)(H,90,109)(H,91,107)(H,92,112)(H,93,106)(H,94,111)(H,95,110)(H,116,117)(H,118,119)(H4,78,79,85)(H4,80,81,86)(H4,82,83,87)/t43-,44+,45-,48-,49-,50-,51-,52-,53-,54-,55-,56-,57-,61?/m0/s1. The number of nitrogens with two attached hydrogens (primary N) is 8. The summed E-state index contributed by atoms with van der Waals surface area (Å²) in [5.41, 5.74) is 45.0. The van der Waals surface area contributed by atoms with Crippen molar-refractivity contribution in [3.8, 4) is 0 Å². The number of amides is 11. The van der Waals surface area contributed by atoms with Crippen LogP contribution in [0.5, 0.6) is 0 Å². The minimum atomic E-state index is -4.03. The number of aromatic nitrogens is 2. The van der Waals surface area contributed by atoms with Crippen molar-refractivity contribution in [2.45, 2.75) is 241 Å². The summed E-state index contributed by atoms with van der Waals surface area (Å²) in [4.78, 5) is 240. The van der Waals surface area contributed by atoms with Gasteiger partial charge in [-0.15, -0.1) is 0 Å². The number of guanidine groups is 3. The Labute approximate surface area is 726 Å². The summed E-state index contributed by atoms with van der Waals surface area (Å²) in [7, 11) is -0.581. The third-order valence-corrected chi connectivity index (χ3v) is 24.6. The number of likely N-dealkylation sites (tertiary alicyclic amines) is 3. The number of aliphatic hydroxyl groups excluding tert-OH is 3. The smallest absolute Gasteiger partial charge is 0.471 e. The molecule has 3 saturated heterocycles. The fourth-order valence-electron chi connectivity index (χ4n) is 14.1. The molecule has 0 saturated carbocycles. The average molecular weight is 1820 g/mol. The third kappa shape index (κ3) is 37.6. The number of carboxylic acid groups (broad SMARTS) is 1. The fourth-order valence-corrected chi connectivity index (χ4v) is 16.7. The van der Waals surface area contributed by atoms with Crippen LogP contribution >= 0.6 is 29.4 Å². The van der Waals surface area contributed by atoms with Gasteiger partial charge in [0.2, 0.25) is 65.0 Å². The first-order valence-electron chi connectivity index (χ1n) is 41.5. The summed E-state index contributed by atoms with van der Waals surface area (Å²) < 4.78 is 20.6. The van der Waals surface area contributed by atoms with E-state index in [1.807, 2.05) is 0 Å². The Morgan fingerprint density at radius 1 is 0.573 bits per heavy atom. The van der Waals surface area contributed by atoms with Gasteiger partial charge in [0.1, 0.15) is 60.2 Å². The number of aliphatic hydroxyl groups is 3. The highest BCUT2D eigenvalue weighted by Crippen LogP contribution is 2.42. The van der Waals surface area contributed by atoms with E-state index in [1.54, 1.807) is 13.8 Å². The van der Waals surface area contributed by atoms with Gasteiger partial charge >= 0.3 is 13.8 Å². The Morgan fingerprint density at radius 2 is 1.11 bits per heavy atom. The van der Waals surface area contributed by atoms with Crippen molar-refractivity contribution in [2.24, 2.45) is 78.6 Å². The number of aliphatic imine (C=N–C) groups is 3. The maximum atomic E-state index is 14.8. The number of rotatable bonds is 62. The Balaban J connectivity index is 1.43. The van der Waals surface area contributed by atoms with Crippen molar-refractivity contribution in [3.05, 3.63) is 18.2 Å². The summed E-state index contributed by atoms with van der Waals surface area (Å²) in [5.74, 6) is -16.6. The number of hydrogen-bond donors (Lipinski definition) is 21. The van der Waals surface area contributed by atoms with Crippen LogP contribution < -0.4 is 83.1 Å². The Bertz CT molecular complexity index is 3840. The van der Waals surface area contributed by atoms with E-state index >= 15 is 0 Å². The zero-order valence-electron chi connectivity index (χ0n) is 70.5. The van der Waals surface area contributed by atoms with E-state index in [2.05, 4.69) is 66.7 Å². The molecule has 0 aromatic carbocycles. The molecule has 1 aromatic heterocycles. The lowest BCUT2D eigenvalue weighted by molar-refractivity contribution is -0.148. The fraction of sp³-hybridized carbons (Fsp3) is 0.720. The number of nitrogens with zero attached hydrogens (tertiary/aromatic N) is 7. The lowest BCUT2D eigenvalue weighted by Crippen LogP contribution is -2.59. The van der Waals surface area contributed by atoms with Gasteiger partial charge in [-0.05, 0) is 102 Å². The Morgan fingerprint density at radius 3 is 1.70 bits per heavy atom. The molecular weight excluding hydrogens is 1690 g/mol. The van der Waals surface area contributed by atoms with Crippen LogP contribution in [0.2, 0.25) is 0 Å². The number of carbonyl (C=O) groups is 15. The molecule has 49 heteroatoms. The highest BCUT2D eigenvalue weighted by atomic mass is 33.1. The van der Waals surface area contributed by atoms with Gasteiger partial charge in [-0.2, -0.15) is 0 Å². The summed E-state index contributed by atoms with van der Waals surface area (Å²) in [6.45, 7) is 0.351. The third-order valence-electron chi connectivity index (χ3n) is 21.2. The zero-order chi connectivity index (χ0) is 92.2. The lowest BCUT2D eigenvalue weighted by atomic mass is 9.92. The maximum Gasteiger partial charge on any atom is 0.471 e. The Hall–Kier alpha value is -9.68. The number of carbonyl (C=O) groups excluding carboxylic acids is 14. The van der Waals surface area contributed by atoms with Crippen molar-refractivity contribution in [3.63, 3.8) is 0 Å². The molecule has 15 atom stereocenters. The number of aromatic amines is 1. The molecule has 4 heterocycles. The Kier molecular flexibility index (Phi) is 48.4. The van der Waals surface area contributed by atoms with Gasteiger partial charge in [-0.3, -0.25) is 91.1 Å². The molecule has 1 aromatic rings. The molecule has 3 aliphatic rings. The van der Waals surface area contributed by atoms with Crippen molar-refractivity contribution in [1.29, 1.82) is 0 Å². The number of carboxylic acids is 1. The van der Waals surface area contributed by atoms with Crippen molar-refractivity contribution >= 4 is 136 Å². The number of aliphatic carboxylic acids is 1. The van der Waals surface area contributed by atoms with Crippen LogP contribution in [0, 0.1) is 17.8 Å².